The molecule has 0 radical (unpaired) electrons. The van der Waals surface area contributed by atoms with Gasteiger partial charge in [0.25, 0.3) is 0 Å². The van der Waals surface area contributed by atoms with Crippen LogP contribution in [0, 0.1) is 0 Å². The Bertz CT molecular complexity index is 385. The molecule has 0 bridgehead atoms. The van der Waals surface area contributed by atoms with Gasteiger partial charge in [0.05, 0.1) is 7.11 Å². The van der Waals surface area contributed by atoms with Gasteiger partial charge in [-0.1, -0.05) is 0 Å². The summed E-state index contributed by atoms with van der Waals surface area (Å²) in [5.41, 5.74) is -1.87. The van der Waals surface area contributed by atoms with Gasteiger partial charge in [0.15, 0.2) is 0 Å². The van der Waals surface area contributed by atoms with E-state index in [4.69, 9.17) is 4.74 Å². The Morgan fingerprint density at radius 2 is 1.55 bits per heavy atom. The molecule has 0 unspecified atom stereocenters. The summed E-state index contributed by atoms with van der Waals surface area (Å²) in [5.74, 6) is -1.08. The normalized spacial score (nSPS) is 13.2. The molecule has 2 amide bonds. The van der Waals surface area contributed by atoms with E-state index in [1.807, 2.05) is 0 Å². The number of methoxy groups -OCH3 is 1. The molecule has 0 aromatic rings. The molecule has 0 heterocycles. The summed E-state index contributed by atoms with van der Waals surface area (Å²) in [7, 11) is 1.23. The number of esters is 1. The fourth-order valence-electron chi connectivity index (χ4n) is 1.23. The fraction of sp³-hybridized carbons (Fsp3) is 0.769. The molecule has 1 atom stereocenters. The third kappa shape index (κ3) is 6.40. The van der Waals surface area contributed by atoms with Crippen LogP contribution in [0.1, 0.15) is 41.5 Å². The van der Waals surface area contributed by atoms with Crippen LogP contribution in [0.5, 0.6) is 0 Å². The molecule has 0 aliphatic carbocycles. The first kappa shape index (κ1) is 18.2. The van der Waals surface area contributed by atoms with Gasteiger partial charge >= 0.3 is 12.1 Å². The van der Waals surface area contributed by atoms with Crippen molar-refractivity contribution in [2.75, 3.05) is 7.11 Å². The Morgan fingerprint density at radius 3 is 1.95 bits per heavy atom. The summed E-state index contributed by atoms with van der Waals surface area (Å²) in [5, 5.41) is 4.90. The van der Waals surface area contributed by atoms with Crippen LogP contribution in [-0.4, -0.2) is 42.3 Å². The molecule has 0 saturated heterocycles. The molecule has 20 heavy (non-hydrogen) atoms. The SMILES string of the molecule is COC(=O)[C@H](C)NC(=O)C(C)(C)NC(=O)OC(C)(C)C. The predicted molar refractivity (Wildman–Crippen MR) is 73.1 cm³/mol. The van der Waals surface area contributed by atoms with E-state index in [1.165, 1.54) is 27.9 Å². The van der Waals surface area contributed by atoms with Gasteiger partial charge in [-0.05, 0) is 41.5 Å². The smallest absolute Gasteiger partial charge is 0.408 e. The van der Waals surface area contributed by atoms with Gasteiger partial charge in [-0.15, -0.1) is 0 Å². The maximum absolute atomic E-state index is 12.0. The monoisotopic (exact) mass is 288 g/mol. The Labute approximate surface area is 119 Å². The van der Waals surface area contributed by atoms with Crippen molar-refractivity contribution in [3.63, 3.8) is 0 Å². The van der Waals surface area contributed by atoms with Gasteiger partial charge in [-0.3, -0.25) is 4.79 Å². The lowest BCUT2D eigenvalue weighted by atomic mass is 10.0. The summed E-state index contributed by atoms with van der Waals surface area (Å²) in [6.07, 6.45) is -0.705. The Morgan fingerprint density at radius 1 is 1.05 bits per heavy atom. The molecule has 0 spiro atoms. The van der Waals surface area contributed by atoms with Crippen molar-refractivity contribution in [2.24, 2.45) is 0 Å². The average molecular weight is 288 g/mol. The van der Waals surface area contributed by atoms with Crippen molar-refractivity contribution in [3.05, 3.63) is 0 Å². The Kier molecular flexibility index (Phi) is 5.99. The molecule has 116 valence electrons. The van der Waals surface area contributed by atoms with Crippen LogP contribution in [0.4, 0.5) is 4.79 Å². The van der Waals surface area contributed by atoms with E-state index >= 15 is 0 Å². The highest BCUT2D eigenvalue weighted by atomic mass is 16.6. The van der Waals surface area contributed by atoms with Crippen LogP contribution >= 0.6 is 0 Å². The number of rotatable bonds is 4. The fourth-order valence-corrected chi connectivity index (χ4v) is 1.23. The summed E-state index contributed by atoms with van der Waals surface area (Å²) < 4.78 is 9.58. The second kappa shape index (κ2) is 6.58. The highest BCUT2D eigenvalue weighted by Gasteiger charge is 2.33. The average Bonchev–Trinajstić information content (AvgIpc) is 2.23. The van der Waals surface area contributed by atoms with Gasteiger partial charge in [-0.2, -0.15) is 0 Å². The van der Waals surface area contributed by atoms with Crippen molar-refractivity contribution in [2.45, 2.75) is 58.7 Å². The topological polar surface area (TPSA) is 93.7 Å². The van der Waals surface area contributed by atoms with Crippen molar-refractivity contribution in [1.82, 2.24) is 10.6 Å². The van der Waals surface area contributed by atoms with Crippen LogP contribution in [0.3, 0.4) is 0 Å². The second-order valence-corrected chi connectivity index (χ2v) is 5.97. The maximum atomic E-state index is 12.0. The van der Waals surface area contributed by atoms with E-state index in [2.05, 4.69) is 15.4 Å². The minimum Gasteiger partial charge on any atom is -0.467 e. The van der Waals surface area contributed by atoms with Gasteiger partial charge in [0.2, 0.25) is 5.91 Å². The summed E-state index contributed by atoms with van der Waals surface area (Å²) in [4.78, 5) is 34.9. The molecular formula is C13H24N2O5. The van der Waals surface area contributed by atoms with Crippen molar-refractivity contribution < 1.29 is 23.9 Å². The zero-order valence-electron chi connectivity index (χ0n) is 13.1. The number of hydrogen-bond donors (Lipinski definition) is 2. The largest absolute Gasteiger partial charge is 0.467 e. The molecular weight excluding hydrogens is 264 g/mol. The number of carbonyl (C=O) groups excluding carboxylic acids is 3. The summed E-state index contributed by atoms with van der Waals surface area (Å²) >= 11 is 0. The lowest BCUT2D eigenvalue weighted by Crippen LogP contribution is -2.58. The van der Waals surface area contributed by atoms with Gasteiger partial charge < -0.3 is 20.1 Å². The molecule has 0 aliphatic rings. The minimum atomic E-state index is -1.22. The maximum Gasteiger partial charge on any atom is 0.408 e. The van der Waals surface area contributed by atoms with E-state index in [0.29, 0.717) is 0 Å². The molecule has 0 aromatic heterocycles. The van der Waals surface area contributed by atoms with Gasteiger partial charge in [-0.25, -0.2) is 9.59 Å². The lowest BCUT2D eigenvalue weighted by molar-refractivity contribution is -0.145. The zero-order valence-corrected chi connectivity index (χ0v) is 13.1. The predicted octanol–water partition coefficient (Wildman–Crippen LogP) is 0.967. The van der Waals surface area contributed by atoms with Gasteiger partial charge in [0, 0.05) is 0 Å². The van der Waals surface area contributed by atoms with Crippen LogP contribution < -0.4 is 10.6 Å². The Balaban J connectivity index is 4.60. The van der Waals surface area contributed by atoms with Gasteiger partial charge in [0.1, 0.15) is 17.2 Å². The quantitative estimate of drug-likeness (QED) is 0.752. The van der Waals surface area contributed by atoms with Crippen LogP contribution in [0.25, 0.3) is 0 Å². The molecule has 0 aliphatic heterocycles. The third-order valence-corrected chi connectivity index (χ3v) is 2.28. The van der Waals surface area contributed by atoms with E-state index in [9.17, 15) is 14.4 Å². The summed E-state index contributed by atoms with van der Waals surface area (Å²) in [6.45, 7) is 9.68. The number of nitrogens with one attached hydrogen (secondary N) is 2. The van der Waals surface area contributed by atoms with Crippen molar-refractivity contribution in [1.29, 1.82) is 0 Å². The number of ether oxygens (including phenoxy) is 2. The van der Waals surface area contributed by atoms with E-state index in [1.54, 1.807) is 20.8 Å². The highest BCUT2D eigenvalue weighted by molar-refractivity contribution is 5.92. The minimum absolute atomic E-state index is 0.513. The molecule has 0 saturated carbocycles. The molecule has 0 rings (SSSR count). The number of amides is 2. The first-order valence-corrected chi connectivity index (χ1v) is 6.29. The van der Waals surface area contributed by atoms with Crippen molar-refractivity contribution >= 4 is 18.0 Å². The summed E-state index contributed by atoms with van der Waals surface area (Å²) in [6, 6.07) is -0.799. The zero-order chi connectivity index (χ0) is 16.1. The van der Waals surface area contributed by atoms with Crippen LogP contribution in [-0.2, 0) is 19.1 Å². The van der Waals surface area contributed by atoms with Crippen LogP contribution in [0.2, 0.25) is 0 Å². The first-order chi connectivity index (χ1) is 8.89. The molecule has 2 N–H and O–H groups in total. The number of hydrogen-bond acceptors (Lipinski definition) is 5. The standard InChI is InChI=1S/C13H24N2O5/c1-8(9(16)19-7)14-10(17)13(5,6)15-11(18)20-12(2,3)4/h8H,1-7H3,(H,14,17)(H,15,18)/t8-/m0/s1. The number of alkyl carbamates (subject to hydrolysis) is 1. The molecule has 7 nitrogen and oxygen atoms in total. The van der Waals surface area contributed by atoms with Crippen molar-refractivity contribution in [3.8, 4) is 0 Å². The molecule has 0 fully saturated rings. The third-order valence-electron chi connectivity index (χ3n) is 2.28. The van der Waals surface area contributed by atoms with E-state index in [-0.39, 0.29) is 0 Å². The molecule has 7 heteroatoms. The lowest BCUT2D eigenvalue weighted by Gasteiger charge is -2.28. The second-order valence-electron chi connectivity index (χ2n) is 5.97. The van der Waals surface area contributed by atoms with E-state index < -0.39 is 35.2 Å². The first-order valence-electron chi connectivity index (χ1n) is 6.29. The molecule has 0 aromatic carbocycles. The van der Waals surface area contributed by atoms with E-state index in [0.717, 1.165) is 0 Å². The Hall–Kier alpha value is -1.79. The number of carbonyl (C=O) groups is 3. The highest BCUT2D eigenvalue weighted by Crippen LogP contribution is 2.10. The van der Waals surface area contributed by atoms with Crippen LogP contribution in [0.15, 0.2) is 0 Å².